The van der Waals surface area contributed by atoms with Gasteiger partial charge in [-0.05, 0) is 36.4 Å². The molecule has 4 heteroatoms. The predicted molar refractivity (Wildman–Crippen MR) is 84.7 cm³/mol. The minimum absolute atomic E-state index is 0.334. The highest BCUT2D eigenvalue weighted by Gasteiger charge is 2.05. The second-order valence-corrected chi connectivity index (χ2v) is 4.72. The molecule has 0 spiro atoms. The highest BCUT2D eigenvalue weighted by Crippen LogP contribution is 2.23. The van der Waals surface area contributed by atoms with Crippen LogP contribution in [0.1, 0.15) is 11.1 Å². The van der Waals surface area contributed by atoms with Crippen LogP contribution in [0.4, 0.5) is 0 Å². The molecule has 0 aliphatic carbocycles. The molecule has 0 unspecified atom stereocenters. The van der Waals surface area contributed by atoms with Crippen molar-refractivity contribution >= 4 is 11.6 Å². The van der Waals surface area contributed by atoms with Crippen LogP contribution in [0.15, 0.2) is 42.5 Å². The molecular formula is C17H16ClNO2. The second kappa shape index (κ2) is 7.58. The van der Waals surface area contributed by atoms with Crippen LogP contribution in [-0.4, -0.2) is 13.7 Å². The number of methoxy groups -OCH3 is 1. The van der Waals surface area contributed by atoms with Gasteiger partial charge in [0.2, 0.25) is 0 Å². The van der Waals surface area contributed by atoms with E-state index in [0.29, 0.717) is 23.9 Å². The van der Waals surface area contributed by atoms with E-state index in [1.807, 2.05) is 30.3 Å². The first-order valence-electron chi connectivity index (χ1n) is 6.47. The summed E-state index contributed by atoms with van der Waals surface area (Å²) in [6, 6.07) is 13.0. The van der Waals surface area contributed by atoms with Gasteiger partial charge < -0.3 is 15.2 Å². The van der Waals surface area contributed by atoms with Crippen molar-refractivity contribution in [1.29, 1.82) is 0 Å². The molecule has 0 aliphatic rings. The highest BCUT2D eigenvalue weighted by atomic mass is 35.5. The maximum atomic E-state index is 5.93. The van der Waals surface area contributed by atoms with Crippen molar-refractivity contribution in [1.82, 2.24) is 0 Å². The van der Waals surface area contributed by atoms with E-state index in [-0.39, 0.29) is 0 Å². The normalized spacial score (nSPS) is 9.67. The summed E-state index contributed by atoms with van der Waals surface area (Å²) in [5.74, 6) is 7.30. The predicted octanol–water partition coefficient (Wildman–Crippen LogP) is 3.24. The minimum atomic E-state index is 0.334. The first-order valence-corrected chi connectivity index (χ1v) is 6.85. The Balaban J connectivity index is 2.17. The Hall–Kier alpha value is -2.15. The Morgan fingerprint density at radius 3 is 2.76 bits per heavy atom. The topological polar surface area (TPSA) is 44.5 Å². The van der Waals surface area contributed by atoms with Gasteiger partial charge in [0.05, 0.1) is 13.7 Å². The number of halogens is 1. The van der Waals surface area contributed by atoms with E-state index < -0.39 is 0 Å². The van der Waals surface area contributed by atoms with Crippen LogP contribution in [0, 0.1) is 11.8 Å². The molecule has 21 heavy (non-hydrogen) atoms. The van der Waals surface area contributed by atoms with E-state index >= 15 is 0 Å². The zero-order chi connectivity index (χ0) is 15.1. The molecule has 0 aliphatic heterocycles. The van der Waals surface area contributed by atoms with Gasteiger partial charge in [0.1, 0.15) is 18.1 Å². The lowest BCUT2D eigenvalue weighted by Crippen LogP contribution is -1.99. The lowest BCUT2D eigenvalue weighted by Gasteiger charge is -2.11. The van der Waals surface area contributed by atoms with Crippen molar-refractivity contribution in [3.8, 4) is 23.3 Å². The monoisotopic (exact) mass is 301 g/mol. The number of rotatable bonds is 4. The fourth-order valence-electron chi connectivity index (χ4n) is 1.84. The van der Waals surface area contributed by atoms with Gasteiger partial charge >= 0.3 is 0 Å². The molecule has 0 fully saturated rings. The van der Waals surface area contributed by atoms with E-state index in [2.05, 4.69) is 11.8 Å². The van der Waals surface area contributed by atoms with E-state index in [1.165, 1.54) is 0 Å². The van der Waals surface area contributed by atoms with Crippen LogP contribution >= 0.6 is 11.6 Å². The van der Waals surface area contributed by atoms with Crippen LogP contribution < -0.4 is 15.2 Å². The fraction of sp³-hybridized carbons (Fsp3) is 0.176. The molecule has 0 saturated carbocycles. The number of hydrogen-bond acceptors (Lipinski definition) is 3. The summed E-state index contributed by atoms with van der Waals surface area (Å²) in [6.07, 6.45) is 0. The molecule has 0 aromatic heterocycles. The molecule has 108 valence electrons. The van der Waals surface area contributed by atoms with Crippen LogP contribution in [0.5, 0.6) is 11.5 Å². The SMILES string of the molecule is COc1ccc(C#CCN)cc1COc1cccc(Cl)c1. The van der Waals surface area contributed by atoms with Crippen molar-refractivity contribution in [2.24, 2.45) is 5.73 Å². The maximum Gasteiger partial charge on any atom is 0.125 e. The Morgan fingerprint density at radius 1 is 1.19 bits per heavy atom. The molecular weight excluding hydrogens is 286 g/mol. The quantitative estimate of drug-likeness (QED) is 0.882. The zero-order valence-electron chi connectivity index (χ0n) is 11.7. The largest absolute Gasteiger partial charge is 0.496 e. The highest BCUT2D eigenvalue weighted by molar-refractivity contribution is 6.30. The van der Waals surface area contributed by atoms with Crippen molar-refractivity contribution in [2.45, 2.75) is 6.61 Å². The molecule has 2 aromatic carbocycles. The third-order valence-corrected chi connectivity index (χ3v) is 3.04. The van der Waals surface area contributed by atoms with Crippen LogP contribution in [0.25, 0.3) is 0 Å². The third-order valence-electron chi connectivity index (χ3n) is 2.81. The van der Waals surface area contributed by atoms with Gasteiger partial charge in [0, 0.05) is 16.1 Å². The van der Waals surface area contributed by atoms with Gasteiger partial charge in [-0.25, -0.2) is 0 Å². The van der Waals surface area contributed by atoms with Crippen molar-refractivity contribution in [2.75, 3.05) is 13.7 Å². The Bertz CT molecular complexity index is 674. The smallest absolute Gasteiger partial charge is 0.125 e. The lowest BCUT2D eigenvalue weighted by molar-refractivity contribution is 0.296. The Labute approximate surface area is 129 Å². The Kier molecular flexibility index (Phi) is 5.51. The van der Waals surface area contributed by atoms with E-state index in [1.54, 1.807) is 19.2 Å². The van der Waals surface area contributed by atoms with Crippen molar-refractivity contribution < 1.29 is 9.47 Å². The molecule has 0 saturated heterocycles. The van der Waals surface area contributed by atoms with Gasteiger partial charge in [-0.3, -0.25) is 0 Å². The lowest BCUT2D eigenvalue weighted by atomic mass is 10.1. The summed E-state index contributed by atoms with van der Waals surface area (Å²) >= 11 is 5.93. The first kappa shape index (κ1) is 15.2. The molecule has 0 atom stereocenters. The zero-order valence-corrected chi connectivity index (χ0v) is 12.5. The number of nitrogens with two attached hydrogens (primary N) is 1. The molecule has 0 bridgehead atoms. The average Bonchev–Trinajstić information content (AvgIpc) is 2.51. The second-order valence-electron chi connectivity index (χ2n) is 4.28. The summed E-state index contributed by atoms with van der Waals surface area (Å²) in [5.41, 5.74) is 7.18. The molecule has 0 amide bonds. The third kappa shape index (κ3) is 4.42. The Morgan fingerprint density at radius 2 is 2.05 bits per heavy atom. The molecule has 0 heterocycles. The van der Waals surface area contributed by atoms with Crippen LogP contribution in [0.3, 0.4) is 0 Å². The summed E-state index contributed by atoms with van der Waals surface area (Å²) < 4.78 is 11.1. The number of hydrogen-bond donors (Lipinski definition) is 1. The van der Waals surface area contributed by atoms with E-state index in [0.717, 1.165) is 16.9 Å². The van der Waals surface area contributed by atoms with E-state index in [9.17, 15) is 0 Å². The van der Waals surface area contributed by atoms with Crippen LogP contribution in [0.2, 0.25) is 5.02 Å². The molecule has 2 rings (SSSR count). The number of ether oxygens (including phenoxy) is 2. The number of benzene rings is 2. The van der Waals surface area contributed by atoms with Gasteiger partial charge in [-0.1, -0.05) is 29.5 Å². The van der Waals surface area contributed by atoms with Gasteiger partial charge in [-0.15, -0.1) is 0 Å². The van der Waals surface area contributed by atoms with E-state index in [4.69, 9.17) is 26.8 Å². The first-order chi connectivity index (χ1) is 10.2. The van der Waals surface area contributed by atoms with Gasteiger partial charge in [0.15, 0.2) is 0 Å². The summed E-state index contributed by atoms with van der Waals surface area (Å²) in [5, 5.41) is 0.641. The minimum Gasteiger partial charge on any atom is -0.496 e. The summed E-state index contributed by atoms with van der Waals surface area (Å²) in [6.45, 7) is 0.710. The summed E-state index contributed by atoms with van der Waals surface area (Å²) in [4.78, 5) is 0. The molecule has 2 aromatic rings. The molecule has 2 N–H and O–H groups in total. The van der Waals surface area contributed by atoms with Crippen molar-refractivity contribution in [3.63, 3.8) is 0 Å². The maximum absolute atomic E-state index is 5.93. The average molecular weight is 302 g/mol. The van der Waals surface area contributed by atoms with Gasteiger partial charge in [-0.2, -0.15) is 0 Å². The molecule has 3 nitrogen and oxygen atoms in total. The van der Waals surface area contributed by atoms with Crippen molar-refractivity contribution in [3.05, 3.63) is 58.6 Å². The molecule has 0 radical (unpaired) electrons. The fourth-order valence-corrected chi connectivity index (χ4v) is 2.02. The summed E-state index contributed by atoms with van der Waals surface area (Å²) in [7, 11) is 1.63. The van der Waals surface area contributed by atoms with Gasteiger partial charge in [0.25, 0.3) is 0 Å². The standard InChI is InChI=1S/C17H16ClNO2/c1-20-17-8-7-13(4-3-9-19)10-14(17)12-21-16-6-2-5-15(18)11-16/h2,5-8,10-11H,9,12,19H2,1H3. The van der Waals surface area contributed by atoms with Crippen LogP contribution in [-0.2, 0) is 6.61 Å².